The van der Waals surface area contributed by atoms with Gasteiger partial charge in [0.05, 0.1) is 0 Å². The summed E-state index contributed by atoms with van der Waals surface area (Å²) in [7, 11) is 1.76. The summed E-state index contributed by atoms with van der Waals surface area (Å²) in [6.45, 7) is 0.487. The van der Waals surface area contributed by atoms with Gasteiger partial charge in [0, 0.05) is 19.6 Å². The predicted octanol–water partition coefficient (Wildman–Crippen LogP) is 1.74. The molecule has 0 saturated heterocycles. The van der Waals surface area contributed by atoms with Gasteiger partial charge in [0.1, 0.15) is 0 Å². The van der Waals surface area contributed by atoms with E-state index in [2.05, 4.69) is 0 Å². The van der Waals surface area contributed by atoms with Gasteiger partial charge in [-0.15, -0.1) is 0 Å². The van der Waals surface area contributed by atoms with E-state index in [0.717, 1.165) is 12.8 Å². The normalized spacial score (nSPS) is 17.2. The molecule has 1 aromatic rings. The molecule has 1 aromatic heterocycles. The molecule has 0 aliphatic heterocycles. The van der Waals surface area contributed by atoms with Crippen LogP contribution in [0.25, 0.3) is 0 Å². The summed E-state index contributed by atoms with van der Waals surface area (Å²) in [5.41, 5.74) is 5.69. The highest BCUT2D eigenvalue weighted by atomic mass is 35.5. The van der Waals surface area contributed by atoms with Crippen LogP contribution in [0.15, 0.2) is 16.5 Å². The van der Waals surface area contributed by atoms with E-state index in [0.29, 0.717) is 12.5 Å². The Morgan fingerprint density at radius 3 is 2.81 bits per heavy atom. The molecule has 1 fully saturated rings. The van der Waals surface area contributed by atoms with E-state index in [-0.39, 0.29) is 22.9 Å². The monoisotopic (exact) mass is 242 g/mol. The number of hydrogen-bond donors (Lipinski definition) is 1. The zero-order chi connectivity index (χ0) is 11.7. The lowest BCUT2D eigenvalue weighted by atomic mass is 10.1. The first-order chi connectivity index (χ1) is 7.63. The van der Waals surface area contributed by atoms with Crippen LogP contribution in [0.3, 0.4) is 0 Å². The lowest BCUT2D eigenvalue weighted by molar-refractivity contribution is 0.0686. The van der Waals surface area contributed by atoms with Gasteiger partial charge in [0.15, 0.2) is 11.0 Å². The molecule has 0 bridgehead atoms. The third kappa shape index (κ3) is 2.23. The third-order valence-corrected chi connectivity index (χ3v) is 3.21. The summed E-state index contributed by atoms with van der Waals surface area (Å²) in [6, 6.07) is 3.26. The van der Waals surface area contributed by atoms with Gasteiger partial charge in [-0.3, -0.25) is 4.79 Å². The molecule has 1 atom stereocenters. The standard InChI is InChI=1S/C11H15ClN2O2/c1-14(8(6-13)7-2-3-7)11(15)9-4-5-10(12)16-9/h4-5,7-8H,2-3,6,13H2,1H3. The molecule has 1 aliphatic carbocycles. The van der Waals surface area contributed by atoms with Crippen molar-refractivity contribution in [2.45, 2.75) is 18.9 Å². The molecule has 0 spiro atoms. The molecular weight excluding hydrogens is 228 g/mol. The summed E-state index contributed by atoms with van der Waals surface area (Å²) in [6.07, 6.45) is 2.30. The van der Waals surface area contributed by atoms with Gasteiger partial charge < -0.3 is 15.1 Å². The van der Waals surface area contributed by atoms with Crippen LogP contribution in [0, 0.1) is 5.92 Å². The lowest BCUT2D eigenvalue weighted by Gasteiger charge is -2.26. The summed E-state index contributed by atoms with van der Waals surface area (Å²) in [5.74, 6) is 0.658. The highest BCUT2D eigenvalue weighted by molar-refractivity contribution is 6.29. The number of rotatable bonds is 4. The van der Waals surface area contributed by atoms with Gasteiger partial charge in [0.25, 0.3) is 5.91 Å². The fourth-order valence-corrected chi connectivity index (χ4v) is 2.05. The Kier molecular flexibility index (Phi) is 3.21. The quantitative estimate of drug-likeness (QED) is 0.875. The molecule has 1 amide bonds. The van der Waals surface area contributed by atoms with E-state index in [1.165, 1.54) is 0 Å². The molecule has 2 N–H and O–H groups in total. The maximum Gasteiger partial charge on any atom is 0.289 e. The van der Waals surface area contributed by atoms with Crippen LogP contribution in [0.1, 0.15) is 23.4 Å². The number of likely N-dealkylation sites (N-methyl/N-ethyl adjacent to an activating group) is 1. The van der Waals surface area contributed by atoms with Crippen molar-refractivity contribution in [1.82, 2.24) is 4.90 Å². The minimum atomic E-state index is -0.158. The topological polar surface area (TPSA) is 59.5 Å². The Morgan fingerprint density at radius 2 is 2.38 bits per heavy atom. The van der Waals surface area contributed by atoms with Crippen LogP contribution in [-0.4, -0.2) is 30.4 Å². The van der Waals surface area contributed by atoms with E-state index < -0.39 is 0 Å². The molecule has 16 heavy (non-hydrogen) atoms. The summed E-state index contributed by atoms with van der Waals surface area (Å²) < 4.78 is 5.09. The molecule has 0 aromatic carbocycles. The van der Waals surface area contributed by atoms with Crippen LogP contribution in [0.5, 0.6) is 0 Å². The number of carbonyl (C=O) groups is 1. The first kappa shape index (κ1) is 11.5. The maximum absolute atomic E-state index is 12.0. The Hall–Kier alpha value is -1.00. The first-order valence-corrected chi connectivity index (χ1v) is 5.74. The number of hydrogen-bond acceptors (Lipinski definition) is 3. The average molecular weight is 243 g/mol. The molecule has 1 saturated carbocycles. The zero-order valence-electron chi connectivity index (χ0n) is 9.15. The van der Waals surface area contributed by atoms with Crippen molar-refractivity contribution in [1.29, 1.82) is 0 Å². The number of carbonyl (C=O) groups excluding carboxylic acids is 1. The van der Waals surface area contributed by atoms with E-state index in [1.807, 2.05) is 0 Å². The Balaban J connectivity index is 2.08. The van der Waals surface area contributed by atoms with Crippen molar-refractivity contribution in [3.05, 3.63) is 23.1 Å². The van der Waals surface area contributed by atoms with Gasteiger partial charge >= 0.3 is 0 Å². The average Bonchev–Trinajstić information content (AvgIpc) is 3.00. The largest absolute Gasteiger partial charge is 0.440 e. The Morgan fingerprint density at radius 1 is 1.69 bits per heavy atom. The molecular formula is C11H15ClN2O2. The SMILES string of the molecule is CN(C(=O)c1ccc(Cl)o1)C(CN)C1CC1. The van der Waals surface area contributed by atoms with Crippen LogP contribution in [0.4, 0.5) is 0 Å². The minimum Gasteiger partial charge on any atom is -0.440 e. The van der Waals surface area contributed by atoms with E-state index in [9.17, 15) is 4.79 Å². The van der Waals surface area contributed by atoms with E-state index >= 15 is 0 Å². The molecule has 1 aliphatic rings. The summed E-state index contributed by atoms with van der Waals surface area (Å²) in [4.78, 5) is 13.7. The molecule has 1 unspecified atom stereocenters. The van der Waals surface area contributed by atoms with Gasteiger partial charge in [0.2, 0.25) is 0 Å². The minimum absolute atomic E-state index is 0.108. The lowest BCUT2D eigenvalue weighted by Crippen LogP contribution is -2.43. The number of nitrogens with zero attached hydrogens (tertiary/aromatic N) is 1. The van der Waals surface area contributed by atoms with Crippen molar-refractivity contribution in [2.75, 3.05) is 13.6 Å². The number of nitrogens with two attached hydrogens (primary N) is 1. The van der Waals surface area contributed by atoms with E-state index in [4.69, 9.17) is 21.8 Å². The third-order valence-electron chi connectivity index (χ3n) is 3.01. The van der Waals surface area contributed by atoms with Crippen LogP contribution < -0.4 is 5.73 Å². The van der Waals surface area contributed by atoms with E-state index in [1.54, 1.807) is 24.1 Å². The molecule has 5 heteroatoms. The first-order valence-electron chi connectivity index (χ1n) is 5.36. The van der Waals surface area contributed by atoms with Crippen LogP contribution in [0.2, 0.25) is 5.22 Å². The summed E-state index contributed by atoms with van der Waals surface area (Å²) in [5, 5.41) is 0.229. The molecule has 88 valence electrons. The number of furan rings is 1. The van der Waals surface area contributed by atoms with Crippen molar-refractivity contribution in [3.63, 3.8) is 0 Å². The number of halogens is 1. The van der Waals surface area contributed by atoms with Crippen molar-refractivity contribution < 1.29 is 9.21 Å². The molecule has 0 radical (unpaired) electrons. The second kappa shape index (κ2) is 4.47. The fourth-order valence-electron chi connectivity index (χ4n) is 1.90. The van der Waals surface area contributed by atoms with Crippen molar-refractivity contribution in [3.8, 4) is 0 Å². The molecule has 2 rings (SSSR count). The smallest absolute Gasteiger partial charge is 0.289 e. The van der Waals surface area contributed by atoms with Crippen molar-refractivity contribution >= 4 is 17.5 Å². The predicted molar refractivity (Wildman–Crippen MR) is 61.4 cm³/mol. The Labute approximate surface area is 99.3 Å². The van der Waals surface area contributed by atoms with Gasteiger partial charge in [-0.1, -0.05) is 0 Å². The zero-order valence-corrected chi connectivity index (χ0v) is 9.91. The van der Waals surface area contributed by atoms with Gasteiger partial charge in [-0.2, -0.15) is 0 Å². The maximum atomic E-state index is 12.0. The fraction of sp³-hybridized carbons (Fsp3) is 0.545. The van der Waals surface area contributed by atoms with Crippen LogP contribution >= 0.6 is 11.6 Å². The van der Waals surface area contributed by atoms with Gasteiger partial charge in [-0.25, -0.2) is 0 Å². The highest BCUT2D eigenvalue weighted by Crippen LogP contribution is 2.35. The van der Waals surface area contributed by atoms with Gasteiger partial charge in [-0.05, 0) is 42.5 Å². The molecule has 4 nitrogen and oxygen atoms in total. The Bertz CT molecular complexity index is 387. The summed E-state index contributed by atoms with van der Waals surface area (Å²) >= 11 is 5.64. The van der Waals surface area contributed by atoms with Crippen LogP contribution in [-0.2, 0) is 0 Å². The number of amides is 1. The molecule has 1 heterocycles. The highest BCUT2D eigenvalue weighted by Gasteiger charge is 2.35. The second-order valence-electron chi connectivity index (χ2n) is 4.16. The van der Waals surface area contributed by atoms with Crippen molar-refractivity contribution in [2.24, 2.45) is 11.7 Å². The second-order valence-corrected chi connectivity index (χ2v) is 4.53.